The highest BCUT2D eigenvalue weighted by molar-refractivity contribution is 5.98. The molecule has 0 saturated heterocycles. The number of benzene rings is 1. The quantitative estimate of drug-likeness (QED) is 0.284. The minimum atomic E-state index is -4.58. The summed E-state index contributed by atoms with van der Waals surface area (Å²) in [7, 11) is 0. The van der Waals surface area contributed by atoms with Crippen LogP contribution in [0.25, 0.3) is 22.2 Å². The molecule has 1 unspecified atom stereocenters. The minimum absolute atomic E-state index is 0.0175. The zero-order chi connectivity index (χ0) is 28.1. The molecule has 1 atom stereocenters. The highest BCUT2D eigenvalue weighted by Gasteiger charge is 2.35. The molecule has 0 spiro atoms. The number of carboxylic acid groups (broad SMARTS) is 1. The van der Waals surface area contributed by atoms with E-state index in [9.17, 15) is 23.1 Å². The molecule has 1 aliphatic rings. The molecule has 0 saturated carbocycles. The predicted molar refractivity (Wildman–Crippen MR) is 138 cm³/mol. The first-order valence-corrected chi connectivity index (χ1v) is 12.6. The molecule has 1 aromatic carbocycles. The second-order valence-electron chi connectivity index (χ2n) is 10.7. The van der Waals surface area contributed by atoms with Crippen LogP contribution in [0.15, 0.2) is 47.0 Å². The number of alkyl halides is 3. The lowest BCUT2D eigenvalue weighted by Gasteiger charge is -2.28. The van der Waals surface area contributed by atoms with E-state index in [1.165, 1.54) is 6.07 Å². The maximum absolute atomic E-state index is 13.1. The van der Waals surface area contributed by atoms with E-state index < -0.39 is 29.6 Å². The van der Waals surface area contributed by atoms with Crippen LogP contribution in [0.4, 0.5) is 13.2 Å². The lowest BCUT2D eigenvalue weighted by atomic mass is 9.90. The Morgan fingerprint density at radius 1 is 1.18 bits per heavy atom. The number of aryl methyl sites for hydroxylation is 2. The van der Waals surface area contributed by atoms with E-state index in [0.717, 1.165) is 35.8 Å². The third kappa shape index (κ3) is 5.38. The van der Waals surface area contributed by atoms with Crippen LogP contribution in [-0.2, 0) is 28.7 Å². The predicted octanol–water partition coefficient (Wildman–Crippen LogP) is 6.94. The van der Waals surface area contributed by atoms with E-state index in [1.807, 2.05) is 18.2 Å². The van der Waals surface area contributed by atoms with Gasteiger partial charge in [0.1, 0.15) is 17.2 Å². The molecule has 5 rings (SSSR count). The summed E-state index contributed by atoms with van der Waals surface area (Å²) in [5, 5.41) is 10.9. The molecule has 0 radical (unpaired) electrons. The van der Waals surface area contributed by atoms with Gasteiger partial charge in [0.15, 0.2) is 6.10 Å². The highest BCUT2D eigenvalue weighted by atomic mass is 19.4. The van der Waals surface area contributed by atoms with Gasteiger partial charge in [-0.1, -0.05) is 6.07 Å². The summed E-state index contributed by atoms with van der Waals surface area (Å²) in [5.74, 6) is -1.30. The smallest absolute Gasteiger partial charge is 0.449 e. The highest BCUT2D eigenvalue weighted by Crippen LogP contribution is 2.41. The van der Waals surface area contributed by atoms with E-state index in [2.05, 4.69) is 0 Å². The first-order chi connectivity index (χ1) is 18.3. The SMILES string of the molecule is Cc1nc2c(ccn2Cc2ccc(C(F)(F)F)o2)c(-c2ccc3c(c2)CCCO3)c1C(OC(C)(C)C)C(=O)O. The average molecular weight is 543 g/mol. The molecule has 206 valence electrons. The monoisotopic (exact) mass is 542 g/mol. The molecule has 39 heavy (non-hydrogen) atoms. The van der Waals surface area contributed by atoms with Gasteiger partial charge in [0.2, 0.25) is 5.76 Å². The van der Waals surface area contributed by atoms with Crippen molar-refractivity contribution in [3.63, 3.8) is 0 Å². The summed E-state index contributed by atoms with van der Waals surface area (Å²) < 4.78 is 57.7. The fourth-order valence-corrected chi connectivity index (χ4v) is 4.97. The van der Waals surface area contributed by atoms with Gasteiger partial charge in [-0.05, 0) is 82.0 Å². The number of furan rings is 1. The topological polar surface area (TPSA) is 86.7 Å². The maximum atomic E-state index is 13.1. The zero-order valence-electron chi connectivity index (χ0n) is 22.1. The van der Waals surface area contributed by atoms with Crippen LogP contribution in [0.5, 0.6) is 5.75 Å². The molecule has 0 fully saturated rings. The van der Waals surface area contributed by atoms with Crippen molar-refractivity contribution >= 4 is 17.0 Å². The van der Waals surface area contributed by atoms with Gasteiger partial charge in [0.25, 0.3) is 0 Å². The maximum Gasteiger partial charge on any atom is 0.449 e. The largest absolute Gasteiger partial charge is 0.493 e. The molecule has 1 N–H and O–H groups in total. The number of aromatic nitrogens is 2. The Kier molecular flexibility index (Phi) is 6.70. The molecular weight excluding hydrogens is 513 g/mol. The van der Waals surface area contributed by atoms with Crippen molar-refractivity contribution in [1.82, 2.24) is 9.55 Å². The minimum Gasteiger partial charge on any atom is -0.493 e. The Morgan fingerprint density at radius 2 is 1.95 bits per heavy atom. The van der Waals surface area contributed by atoms with Gasteiger partial charge < -0.3 is 23.6 Å². The summed E-state index contributed by atoms with van der Waals surface area (Å²) >= 11 is 0. The van der Waals surface area contributed by atoms with Crippen molar-refractivity contribution in [3.8, 4) is 16.9 Å². The van der Waals surface area contributed by atoms with Crippen LogP contribution >= 0.6 is 0 Å². The number of hydrogen-bond acceptors (Lipinski definition) is 5. The van der Waals surface area contributed by atoms with E-state index >= 15 is 0 Å². The van der Waals surface area contributed by atoms with E-state index in [-0.39, 0.29) is 12.3 Å². The molecule has 7 nitrogen and oxygen atoms in total. The fraction of sp³-hybridized carbons (Fsp3) is 0.379. The molecule has 3 aromatic heterocycles. The molecule has 0 amide bonds. The summed E-state index contributed by atoms with van der Waals surface area (Å²) in [6, 6.07) is 9.75. The van der Waals surface area contributed by atoms with Crippen molar-refractivity contribution in [2.45, 2.75) is 65.0 Å². The van der Waals surface area contributed by atoms with Gasteiger partial charge in [-0.3, -0.25) is 0 Å². The third-order valence-electron chi connectivity index (χ3n) is 6.56. The van der Waals surface area contributed by atoms with Crippen LogP contribution in [0, 0.1) is 6.92 Å². The standard InChI is InChI=1S/C29H29F3N2O5/c1-16-23(25(27(35)36)39-28(2,3)4)24(18-7-9-21-17(14-18)6-5-13-37-21)20-11-12-34(26(20)33-16)15-19-8-10-22(38-19)29(30,31)32/h7-12,14,25H,5-6,13,15H2,1-4H3,(H,35,36). The molecule has 1 aliphatic heterocycles. The number of pyridine rings is 1. The zero-order valence-corrected chi connectivity index (χ0v) is 22.1. The van der Waals surface area contributed by atoms with Gasteiger partial charge in [-0.25, -0.2) is 9.78 Å². The Labute approximate surface area is 223 Å². The lowest BCUT2D eigenvalue weighted by molar-refractivity contribution is -0.160. The second kappa shape index (κ2) is 9.75. The molecular formula is C29H29F3N2O5. The van der Waals surface area contributed by atoms with Crippen LogP contribution < -0.4 is 4.74 Å². The number of halogens is 3. The lowest BCUT2D eigenvalue weighted by Crippen LogP contribution is -2.28. The molecule has 4 aromatic rings. The molecule has 10 heteroatoms. The fourth-order valence-electron chi connectivity index (χ4n) is 4.97. The van der Waals surface area contributed by atoms with Gasteiger partial charge in [-0.15, -0.1) is 0 Å². The van der Waals surface area contributed by atoms with E-state index in [0.29, 0.717) is 34.5 Å². The van der Waals surface area contributed by atoms with Crippen molar-refractivity contribution in [2.75, 3.05) is 6.61 Å². The first kappa shape index (κ1) is 26.8. The van der Waals surface area contributed by atoms with Crippen LogP contribution in [-0.4, -0.2) is 32.8 Å². The van der Waals surface area contributed by atoms with Crippen molar-refractivity contribution < 1.29 is 37.0 Å². The number of carboxylic acids is 1. The van der Waals surface area contributed by atoms with Crippen LogP contribution in [0.1, 0.15) is 61.6 Å². The van der Waals surface area contributed by atoms with Crippen LogP contribution in [0.2, 0.25) is 0 Å². The van der Waals surface area contributed by atoms with Gasteiger partial charge in [-0.2, -0.15) is 13.2 Å². The van der Waals surface area contributed by atoms with Crippen molar-refractivity contribution in [2.24, 2.45) is 0 Å². The van der Waals surface area contributed by atoms with Gasteiger partial charge in [0, 0.05) is 28.4 Å². The second-order valence-corrected chi connectivity index (χ2v) is 10.7. The normalized spacial score (nSPS) is 14.7. The average Bonchev–Trinajstić information content (AvgIpc) is 3.49. The number of hydrogen-bond donors (Lipinski definition) is 1. The summed E-state index contributed by atoms with van der Waals surface area (Å²) in [6.45, 7) is 7.74. The van der Waals surface area contributed by atoms with Crippen LogP contribution in [0.3, 0.4) is 0 Å². The molecule has 4 heterocycles. The van der Waals surface area contributed by atoms with Gasteiger partial charge >= 0.3 is 12.1 Å². The Balaban J connectivity index is 1.70. The number of rotatable bonds is 6. The molecule has 0 aliphatic carbocycles. The van der Waals surface area contributed by atoms with E-state index in [4.69, 9.17) is 18.9 Å². The number of ether oxygens (including phenoxy) is 2. The Bertz CT molecular complexity index is 1550. The summed E-state index contributed by atoms with van der Waals surface area (Å²) in [5.41, 5.74) is 3.05. The number of fused-ring (bicyclic) bond motifs is 2. The van der Waals surface area contributed by atoms with Crippen molar-refractivity contribution in [1.29, 1.82) is 0 Å². The van der Waals surface area contributed by atoms with Crippen molar-refractivity contribution in [3.05, 3.63) is 70.9 Å². The number of nitrogens with zero attached hydrogens (tertiary/aromatic N) is 2. The van der Waals surface area contributed by atoms with E-state index in [1.54, 1.807) is 44.5 Å². The third-order valence-corrected chi connectivity index (χ3v) is 6.56. The summed E-state index contributed by atoms with van der Waals surface area (Å²) in [6.07, 6.45) is -2.47. The van der Waals surface area contributed by atoms with Gasteiger partial charge in [0.05, 0.1) is 18.8 Å². The number of carbonyl (C=O) groups is 1. The number of aliphatic carboxylic acids is 1. The molecule has 0 bridgehead atoms. The Hall–Kier alpha value is -3.79. The first-order valence-electron chi connectivity index (χ1n) is 12.6. The Morgan fingerprint density at radius 3 is 2.62 bits per heavy atom. The summed E-state index contributed by atoms with van der Waals surface area (Å²) in [4.78, 5) is 17.3.